The third-order valence-corrected chi connectivity index (χ3v) is 5.66. The van der Waals surface area contributed by atoms with Gasteiger partial charge in [0.25, 0.3) is 0 Å². The molecule has 0 aliphatic carbocycles. The SMILES string of the molecule is CCCOc1cc(S(=O)(=O)N2CCCC2)c(C)cc1C. The maximum Gasteiger partial charge on any atom is 0.243 e. The van der Waals surface area contributed by atoms with Crippen LogP contribution in [0.4, 0.5) is 0 Å². The molecule has 1 aromatic rings. The number of hydrogen-bond acceptors (Lipinski definition) is 3. The average Bonchev–Trinajstić information content (AvgIpc) is 2.92. The first kappa shape index (κ1) is 15.3. The second-order valence-corrected chi connectivity index (χ2v) is 7.25. The van der Waals surface area contributed by atoms with E-state index in [1.54, 1.807) is 10.4 Å². The number of aryl methyl sites for hydroxylation is 2. The Bertz CT molecular complexity index is 575. The van der Waals surface area contributed by atoms with Crippen LogP contribution in [-0.4, -0.2) is 32.4 Å². The van der Waals surface area contributed by atoms with Crippen molar-refractivity contribution in [2.24, 2.45) is 0 Å². The number of rotatable bonds is 5. The van der Waals surface area contributed by atoms with Crippen LogP contribution in [0, 0.1) is 13.8 Å². The van der Waals surface area contributed by atoms with Gasteiger partial charge in [0.1, 0.15) is 5.75 Å². The molecule has 0 atom stereocenters. The third-order valence-electron chi connectivity index (χ3n) is 3.62. The Morgan fingerprint density at radius 3 is 2.40 bits per heavy atom. The van der Waals surface area contributed by atoms with Gasteiger partial charge in [0.2, 0.25) is 10.0 Å². The first-order valence-corrected chi connectivity index (χ1v) is 8.65. The highest BCUT2D eigenvalue weighted by molar-refractivity contribution is 7.89. The summed E-state index contributed by atoms with van der Waals surface area (Å²) >= 11 is 0. The smallest absolute Gasteiger partial charge is 0.243 e. The molecule has 20 heavy (non-hydrogen) atoms. The largest absolute Gasteiger partial charge is 0.493 e. The molecule has 0 unspecified atom stereocenters. The normalized spacial score (nSPS) is 16.6. The maximum absolute atomic E-state index is 12.7. The van der Waals surface area contributed by atoms with Crippen LogP contribution in [0.5, 0.6) is 5.75 Å². The van der Waals surface area contributed by atoms with Crippen LogP contribution < -0.4 is 4.74 Å². The fraction of sp³-hybridized carbons (Fsp3) is 0.600. The summed E-state index contributed by atoms with van der Waals surface area (Å²) in [7, 11) is -3.38. The molecule has 0 bridgehead atoms. The number of sulfonamides is 1. The lowest BCUT2D eigenvalue weighted by molar-refractivity contribution is 0.314. The van der Waals surface area contributed by atoms with Crippen LogP contribution in [0.25, 0.3) is 0 Å². The highest BCUT2D eigenvalue weighted by Crippen LogP contribution is 2.29. The second kappa shape index (κ2) is 6.14. The predicted molar refractivity (Wildman–Crippen MR) is 79.7 cm³/mol. The molecule has 0 amide bonds. The van der Waals surface area contributed by atoms with Crippen molar-refractivity contribution in [3.8, 4) is 5.75 Å². The third kappa shape index (κ3) is 2.99. The quantitative estimate of drug-likeness (QED) is 0.839. The lowest BCUT2D eigenvalue weighted by atomic mass is 10.1. The van der Waals surface area contributed by atoms with Crippen molar-refractivity contribution < 1.29 is 13.2 Å². The highest BCUT2D eigenvalue weighted by atomic mass is 32.2. The molecule has 1 heterocycles. The summed E-state index contributed by atoms with van der Waals surface area (Å²) in [6.07, 6.45) is 2.80. The Morgan fingerprint density at radius 2 is 1.80 bits per heavy atom. The Balaban J connectivity index is 2.39. The summed E-state index contributed by atoms with van der Waals surface area (Å²) in [6, 6.07) is 3.59. The summed E-state index contributed by atoms with van der Waals surface area (Å²) in [5, 5.41) is 0. The van der Waals surface area contributed by atoms with Gasteiger partial charge in [-0.05, 0) is 44.2 Å². The van der Waals surface area contributed by atoms with Gasteiger partial charge in [-0.1, -0.05) is 13.0 Å². The minimum atomic E-state index is -3.38. The fourth-order valence-electron chi connectivity index (χ4n) is 2.53. The summed E-state index contributed by atoms with van der Waals surface area (Å²) < 4.78 is 32.6. The van der Waals surface area contributed by atoms with Crippen LogP contribution in [0.3, 0.4) is 0 Å². The average molecular weight is 297 g/mol. The van der Waals surface area contributed by atoms with Crippen molar-refractivity contribution in [2.45, 2.75) is 44.9 Å². The Labute approximate surface area is 121 Å². The Kier molecular flexibility index (Phi) is 4.70. The van der Waals surface area contributed by atoms with Crippen molar-refractivity contribution in [3.63, 3.8) is 0 Å². The predicted octanol–water partition coefficient (Wildman–Crippen LogP) is 2.88. The molecule has 0 saturated carbocycles. The minimum Gasteiger partial charge on any atom is -0.493 e. The molecular weight excluding hydrogens is 274 g/mol. The summed E-state index contributed by atoms with van der Waals surface area (Å²) in [5.74, 6) is 0.676. The molecule has 1 saturated heterocycles. The number of benzene rings is 1. The molecular formula is C15H23NO3S. The van der Waals surface area contributed by atoms with Crippen molar-refractivity contribution in [1.82, 2.24) is 4.31 Å². The Hall–Kier alpha value is -1.07. The van der Waals surface area contributed by atoms with Gasteiger partial charge >= 0.3 is 0 Å². The van der Waals surface area contributed by atoms with Gasteiger partial charge in [0, 0.05) is 19.2 Å². The van der Waals surface area contributed by atoms with Gasteiger partial charge in [-0.3, -0.25) is 0 Å². The van der Waals surface area contributed by atoms with Crippen LogP contribution in [-0.2, 0) is 10.0 Å². The molecule has 0 spiro atoms. The molecule has 1 aliphatic heterocycles. The van der Waals surface area contributed by atoms with E-state index in [1.807, 2.05) is 26.8 Å². The lowest BCUT2D eigenvalue weighted by Gasteiger charge is -2.19. The lowest BCUT2D eigenvalue weighted by Crippen LogP contribution is -2.28. The zero-order valence-corrected chi connectivity index (χ0v) is 13.3. The van der Waals surface area contributed by atoms with Crippen molar-refractivity contribution >= 4 is 10.0 Å². The zero-order chi connectivity index (χ0) is 14.8. The molecule has 1 aromatic carbocycles. The fourth-order valence-corrected chi connectivity index (χ4v) is 4.27. The Morgan fingerprint density at radius 1 is 1.15 bits per heavy atom. The number of ether oxygens (including phenoxy) is 1. The van der Waals surface area contributed by atoms with E-state index in [1.165, 1.54) is 0 Å². The molecule has 4 nitrogen and oxygen atoms in total. The summed E-state index contributed by atoms with van der Waals surface area (Å²) in [6.45, 7) is 7.68. The van der Waals surface area contributed by atoms with Gasteiger partial charge in [-0.15, -0.1) is 0 Å². The van der Waals surface area contributed by atoms with E-state index in [0.29, 0.717) is 30.3 Å². The van der Waals surface area contributed by atoms with Crippen LogP contribution >= 0.6 is 0 Å². The standard InChI is InChI=1S/C15H23NO3S/c1-4-9-19-14-11-15(13(3)10-12(14)2)20(17,18)16-7-5-6-8-16/h10-11H,4-9H2,1-3H3. The monoisotopic (exact) mass is 297 g/mol. The molecule has 0 radical (unpaired) electrons. The molecule has 0 N–H and O–H groups in total. The van der Waals surface area contributed by atoms with Gasteiger partial charge < -0.3 is 4.74 Å². The second-order valence-electron chi connectivity index (χ2n) is 5.34. The maximum atomic E-state index is 12.7. The molecule has 1 fully saturated rings. The van der Waals surface area contributed by atoms with E-state index in [2.05, 4.69) is 0 Å². The molecule has 1 aliphatic rings. The first-order valence-electron chi connectivity index (χ1n) is 7.21. The molecule has 112 valence electrons. The van der Waals surface area contributed by atoms with Gasteiger partial charge in [-0.2, -0.15) is 4.31 Å². The van der Waals surface area contributed by atoms with Gasteiger partial charge in [0.15, 0.2) is 0 Å². The van der Waals surface area contributed by atoms with Crippen LogP contribution in [0.15, 0.2) is 17.0 Å². The molecule has 5 heteroatoms. The van der Waals surface area contributed by atoms with E-state index >= 15 is 0 Å². The minimum absolute atomic E-state index is 0.385. The van der Waals surface area contributed by atoms with Crippen LogP contribution in [0.2, 0.25) is 0 Å². The first-order chi connectivity index (χ1) is 9.46. The topological polar surface area (TPSA) is 46.6 Å². The van der Waals surface area contributed by atoms with Crippen molar-refractivity contribution in [1.29, 1.82) is 0 Å². The van der Waals surface area contributed by atoms with Gasteiger partial charge in [0.05, 0.1) is 11.5 Å². The highest BCUT2D eigenvalue weighted by Gasteiger charge is 2.29. The van der Waals surface area contributed by atoms with Gasteiger partial charge in [-0.25, -0.2) is 8.42 Å². The zero-order valence-electron chi connectivity index (χ0n) is 12.5. The van der Waals surface area contributed by atoms with E-state index in [9.17, 15) is 8.42 Å². The van der Waals surface area contributed by atoms with Crippen molar-refractivity contribution in [2.75, 3.05) is 19.7 Å². The molecule has 0 aromatic heterocycles. The summed E-state index contributed by atoms with van der Waals surface area (Å²) in [4.78, 5) is 0.385. The van der Waals surface area contributed by atoms with E-state index in [0.717, 1.165) is 30.4 Å². The summed E-state index contributed by atoms with van der Waals surface area (Å²) in [5.41, 5.74) is 1.77. The van der Waals surface area contributed by atoms with E-state index in [-0.39, 0.29) is 0 Å². The number of hydrogen-bond donors (Lipinski definition) is 0. The molecule has 2 rings (SSSR count). The number of nitrogens with zero attached hydrogens (tertiary/aromatic N) is 1. The van der Waals surface area contributed by atoms with E-state index in [4.69, 9.17) is 4.74 Å². The van der Waals surface area contributed by atoms with Crippen LogP contribution in [0.1, 0.15) is 37.3 Å². The van der Waals surface area contributed by atoms with E-state index < -0.39 is 10.0 Å². The van der Waals surface area contributed by atoms with Crippen molar-refractivity contribution in [3.05, 3.63) is 23.3 Å².